The van der Waals surface area contributed by atoms with E-state index in [4.69, 9.17) is 0 Å². The normalized spacial score (nSPS) is 15.9. The average molecular weight is 389 g/mol. The number of nitrogens with zero attached hydrogens (tertiary/aromatic N) is 2. The van der Waals surface area contributed by atoms with E-state index in [2.05, 4.69) is 10.3 Å². The lowest BCUT2D eigenvalue weighted by molar-refractivity contribution is -0.119. The fourth-order valence-electron chi connectivity index (χ4n) is 3.58. The highest BCUT2D eigenvalue weighted by molar-refractivity contribution is 6.01. The van der Waals surface area contributed by atoms with Gasteiger partial charge in [0.05, 0.1) is 0 Å². The second-order valence-electron chi connectivity index (χ2n) is 6.97. The van der Waals surface area contributed by atoms with E-state index in [-0.39, 0.29) is 17.6 Å². The second kappa shape index (κ2) is 8.22. The van der Waals surface area contributed by atoms with Crippen molar-refractivity contribution >= 4 is 17.5 Å². The number of aromatic nitrogens is 1. The third kappa shape index (κ3) is 4.16. The largest absolute Gasteiger partial charge is 0.327 e. The number of pyridine rings is 1. The maximum absolute atomic E-state index is 13.4. The molecule has 4 rings (SSSR count). The number of amides is 2. The highest BCUT2D eigenvalue weighted by Gasteiger charge is 2.34. The molecule has 0 unspecified atom stereocenters. The van der Waals surface area contributed by atoms with Gasteiger partial charge in [-0.25, -0.2) is 4.39 Å². The second-order valence-corrected chi connectivity index (χ2v) is 6.97. The molecule has 0 spiro atoms. The number of anilines is 1. The molecule has 1 fully saturated rings. The molecule has 1 saturated heterocycles. The molecule has 1 aliphatic heterocycles. The Kier molecular flexibility index (Phi) is 5.33. The van der Waals surface area contributed by atoms with Gasteiger partial charge in [0.15, 0.2) is 0 Å². The minimum Gasteiger partial charge on any atom is -0.327 e. The molecule has 0 aliphatic carbocycles. The zero-order chi connectivity index (χ0) is 20.2. The Labute approximate surface area is 168 Å². The van der Waals surface area contributed by atoms with Gasteiger partial charge in [-0.1, -0.05) is 24.3 Å². The van der Waals surface area contributed by atoms with Crippen molar-refractivity contribution in [2.45, 2.75) is 18.9 Å². The van der Waals surface area contributed by atoms with Gasteiger partial charge < -0.3 is 10.2 Å². The summed E-state index contributed by atoms with van der Waals surface area (Å²) in [5.41, 5.74) is 2.79. The van der Waals surface area contributed by atoms with Crippen LogP contribution >= 0.6 is 0 Å². The van der Waals surface area contributed by atoms with Gasteiger partial charge in [-0.2, -0.15) is 0 Å². The van der Waals surface area contributed by atoms with E-state index in [0.717, 1.165) is 17.5 Å². The van der Waals surface area contributed by atoms with Crippen LogP contribution in [0.15, 0.2) is 73.1 Å². The van der Waals surface area contributed by atoms with Gasteiger partial charge in [0.25, 0.3) is 5.91 Å². The summed E-state index contributed by atoms with van der Waals surface area (Å²) in [7, 11) is 0. The van der Waals surface area contributed by atoms with E-state index >= 15 is 0 Å². The van der Waals surface area contributed by atoms with E-state index in [0.29, 0.717) is 24.2 Å². The molecule has 1 N–H and O–H groups in total. The van der Waals surface area contributed by atoms with Gasteiger partial charge >= 0.3 is 0 Å². The minimum absolute atomic E-state index is 0.161. The summed E-state index contributed by atoms with van der Waals surface area (Å²) in [6.45, 7) is 0.553. The molecule has 3 aromatic rings. The fraction of sp³-hybridized carbons (Fsp3) is 0.174. The fourth-order valence-corrected chi connectivity index (χ4v) is 3.58. The van der Waals surface area contributed by atoms with Crippen molar-refractivity contribution in [3.63, 3.8) is 0 Å². The smallest absolute Gasteiger partial charge is 0.254 e. The summed E-state index contributed by atoms with van der Waals surface area (Å²) in [5.74, 6) is -0.657. The molecule has 5 nitrogen and oxygen atoms in total. The molecular formula is C23H20FN3O2. The summed E-state index contributed by atoms with van der Waals surface area (Å²) < 4.78 is 13.4. The number of rotatable bonds is 4. The summed E-state index contributed by atoms with van der Waals surface area (Å²) >= 11 is 0. The Morgan fingerprint density at radius 3 is 2.48 bits per heavy atom. The minimum atomic E-state index is -0.501. The van der Waals surface area contributed by atoms with Gasteiger partial charge in [0.1, 0.15) is 11.9 Å². The van der Waals surface area contributed by atoms with Crippen LogP contribution in [0.4, 0.5) is 10.1 Å². The van der Waals surface area contributed by atoms with E-state index in [9.17, 15) is 14.0 Å². The van der Waals surface area contributed by atoms with Gasteiger partial charge in [0, 0.05) is 30.2 Å². The molecule has 0 bridgehead atoms. The maximum atomic E-state index is 13.4. The first-order valence-electron chi connectivity index (χ1n) is 9.50. The third-order valence-corrected chi connectivity index (χ3v) is 5.05. The van der Waals surface area contributed by atoms with Crippen LogP contribution in [0.1, 0.15) is 23.2 Å². The van der Waals surface area contributed by atoms with Crippen molar-refractivity contribution in [1.82, 2.24) is 9.88 Å². The number of hydrogen-bond donors (Lipinski definition) is 1. The third-order valence-electron chi connectivity index (χ3n) is 5.05. The Balaban J connectivity index is 1.45. The number of carbonyl (C=O) groups excluding carboxylic acids is 2. The van der Waals surface area contributed by atoms with Crippen molar-refractivity contribution in [2.75, 3.05) is 11.9 Å². The lowest BCUT2D eigenvalue weighted by Gasteiger charge is -2.24. The SMILES string of the molecule is O=C(Nc1ccc(-c2cccc(F)c2)cc1)[C@H]1CCCN1C(=O)c1ccncc1. The van der Waals surface area contributed by atoms with Gasteiger partial charge in [-0.15, -0.1) is 0 Å². The average Bonchev–Trinajstić information content (AvgIpc) is 3.24. The van der Waals surface area contributed by atoms with Crippen LogP contribution in [0.25, 0.3) is 11.1 Å². The number of halogens is 1. The number of hydrogen-bond acceptors (Lipinski definition) is 3. The van der Waals surface area contributed by atoms with E-state index in [1.807, 2.05) is 18.2 Å². The van der Waals surface area contributed by atoms with E-state index in [1.54, 1.807) is 47.6 Å². The Morgan fingerprint density at radius 2 is 1.76 bits per heavy atom. The lowest BCUT2D eigenvalue weighted by Crippen LogP contribution is -2.43. The molecular weight excluding hydrogens is 369 g/mol. The molecule has 2 aromatic carbocycles. The van der Waals surface area contributed by atoms with Crippen LogP contribution < -0.4 is 5.32 Å². The van der Waals surface area contributed by atoms with Crippen LogP contribution in [0.5, 0.6) is 0 Å². The number of carbonyl (C=O) groups is 2. The van der Waals surface area contributed by atoms with E-state index in [1.165, 1.54) is 12.1 Å². The zero-order valence-corrected chi connectivity index (χ0v) is 15.7. The van der Waals surface area contributed by atoms with E-state index < -0.39 is 6.04 Å². The van der Waals surface area contributed by atoms with Crippen molar-refractivity contribution < 1.29 is 14.0 Å². The number of likely N-dealkylation sites (tertiary alicyclic amines) is 1. The molecule has 2 heterocycles. The molecule has 1 atom stereocenters. The molecule has 0 saturated carbocycles. The summed E-state index contributed by atoms with van der Waals surface area (Å²) in [6, 6.07) is 16.4. The quantitative estimate of drug-likeness (QED) is 0.730. The maximum Gasteiger partial charge on any atom is 0.254 e. The lowest BCUT2D eigenvalue weighted by atomic mass is 10.1. The van der Waals surface area contributed by atoms with Crippen molar-refractivity contribution in [3.05, 3.63) is 84.4 Å². The standard InChI is InChI=1S/C23H20FN3O2/c24-19-4-1-3-18(15-19)16-6-8-20(9-7-16)26-22(28)21-5-2-14-27(21)23(29)17-10-12-25-13-11-17/h1,3-4,6-13,15,21H,2,5,14H2,(H,26,28)/t21-/m1/s1. The number of benzene rings is 2. The van der Waals surface area contributed by atoms with Crippen LogP contribution in [0.2, 0.25) is 0 Å². The highest BCUT2D eigenvalue weighted by Crippen LogP contribution is 2.24. The van der Waals surface area contributed by atoms with Crippen LogP contribution in [-0.4, -0.2) is 34.3 Å². The summed E-state index contributed by atoms with van der Waals surface area (Å²) in [6.07, 6.45) is 4.55. The predicted molar refractivity (Wildman–Crippen MR) is 109 cm³/mol. The predicted octanol–water partition coefficient (Wildman–Crippen LogP) is 4.13. The highest BCUT2D eigenvalue weighted by atomic mass is 19.1. The van der Waals surface area contributed by atoms with Crippen LogP contribution in [0, 0.1) is 5.82 Å². The molecule has 6 heteroatoms. The zero-order valence-electron chi connectivity index (χ0n) is 15.7. The molecule has 1 aromatic heterocycles. The van der Waals surface area contributed by atoms with Gasteiger partial charge in [-0.3, -0.25) is 14.6 Å². The number of nitrogens with one attached hydrogen (secondary N) is 1. The molecule has 2 amide bonds. The van der Waals surface area contributed by atoms with Crippen LogP contribution in [-0.2, 0) is 4.79 Å². The van der Waals surface area contributed by atoms with Crippen molar-refractivity contribution in [2.24, 2.45) is 0 Å². The monoisotopic (exact) mass is 389 g/mol. The Morgan fingerprint density at radius 1 is 1.00 bits per heavy atom. The molecule has 1 aliphatic rings. The van der Waals surface area contributed by atoms with Crippen LogP contribution in [0.3, 0.4) is 0 Å². The first-order chi connectivity index (χ1) is 14.1. The van der Waals surface area contributed by atoms with Gasteiger partial charge in [-0.05, 0) is 60.4 Å². The molecule has 0 radical (unpaired) electrons. The Hall–Kier alpha value is -3.54. The Bertz CT molecular complexity index is 1020. The first-order valence-corrected chi connectivity index (χ1v) is 9.50. The first kappa shape index (κ1) is 18.8. The van der Waals surface area contributed by atoms with Gasteiger partial charge in [0.2, 0.25) is 5.91 Å². The topological polar surface area (TPSA) is 62.3 Å². The summed E-state index contributed by atoms with van der Waals surface area (Å²) in [4.78, 5) is 31.1. The molecule has 29 heavy (non-hydrogen) atoms. The molecule has 146 valence electrons. The van der Waals surface area contributed by atoms with Crippen molar-refractivity contribution in [3.8, 4) is 11.1 Å². The van der Waals surface area contributed by atoms with Crippen molar-refractivity contribution in [1.29, 1.82) is 0 Å². The summed E-state index contributed by atoms with van der Waals surface area (Å²) in [5, 5.41) is 2.89.